The Bertz CT molecular complexity index is 500. The number of carbonyl (C=O) groups excluding carboxylic acids is 2. The molecule has 3 amide bonds. The Kier molecular flexibility index (Phi) is 7.94. The van der Waals surface area contributed by atoms with Gasteiger partial charge < -0.3 is 10.1 Å². The molecule has 1 aromatic rings. The second-order valence-corrected chi connectivity index (χ2v) is 6.01. The molecule has 23 heavy (non-hydrogen) atoms. The summed E-state index contributed by atoms with van der Waals surface area (Å²) in [5, 5.41) is 2.79. The second kappa shape index (κ2) is 9.71. The molecule has 0 heterocycles. The minimum atomic E-state index is -0.413. The third-order valence-corrected chi connectivity index (χ3v) is 3.44. The maximum atomic E-state index is 11.9. The highest BCUT2D eigenvalue weighted by atomic mass is 16.5. The van der Waals surface area contributed by atoms with Crippen LogP contribution in [0.1, 0.15) is 50.4 Å². The molecule has 0 fully saturated rings. The summed E-state index contributed by atoms with van der Waals surface area (Å²) in [7, 11) is 1.56. The molecule has 0 aliphatic heterocycles. The van der Waals surface area contributed by atoms with Gasteiger partial charge in [0.2, 0.25) is 0 Å². The van der Waals surface area contributed by atoms with Crippen molar-refractivity contribution in [2.45, 2.75) is 46.1 Å². The van der Waals surface area contributed by atoms with Crippen molar-refractivity contribution in [2.24, 2.45) is 5.92 Å². The standard InChI is InChI=1S/C17H27N3O3/c1-12(2)6-5-7-13(3)18-17(22)20-19-16(21)14-8-10-15(23-4)11-9-14/h8-13H,5-7H2,1-4H3,(H,19,21)(H2,18,20,22)/t13-/m0/s1. The highest BCUT2D eigenvalue weighted by Gasteiger charge is 2.10. The molecule has 0 radical (unpaired) electrons. The highest BCUT2D eigenvalue weighted by Crippen LogP contribution is 2.11. The van der Waals surface area contributed by atoms with Gasteiger partial charge in [0.05, 0.1) is 7.11 Å². The van der Waals surface area contributed by atoms with Crippen LogP contribution in [0.2, 0.25) is 0 Å². The Hall–Kier alpha value is -2.24. The minimum absolute atomic E-state index is 0.0617. The Balaban J connectivity index is 2.30. The number of carbonyl (C=O) groups is 2. The molecule has 0 saturated carbocycles. The smallest absolute Gasteiger partial charge is 0.333 e. The number of benzene rings is 1. The van der Waals surface area contributed by atoms with Crippen molar-refractivity contribution in [1.82, 2.24) is 16.2 Å². The lowest BCUT2D eigenvalue weighted by Crippen LogP contribution is -2.49. The third-order valence-electron chi connectivity index (χ3n) is 3.44. The molecule has 3 N–H and O–H groups in total. The van der Waals surface area contributed by atoms with Crippen molar-refractivity contribution in [3.05, 3.63) is 29.8 Å². The summed E-state index contributed by atoms with van der Waals surface area (Å²) < 4.78 is 5.03. The molecule has 0 aliphatic rings. The van der Waals surface area contributed by atoms with Gasteiger partial charge in [-0.3, -0.25) is 10.2 Å². The zero-order valence-electron chi connectivity index (χ0n) is 14.3. The Morgan fingerprint density at radius 2 is 1.70 bits per heavy atom. The fourth-order valence-electron chi connectivity index (χ4n) is 2.09. The summed E-state index contributed by atoms with van der Waals surface area (Å²) in [6, 6.07) is 6.28. The van der Waals surface area contributed by atoms with Crippen molar-refractivity contribution < 1.29 is 14.3 Å². The maximum absolute atomic E-state index is 11.9. The quantitative estimate of drug-likeness (QED) is 0.676. The fourth-order valence-corrected chi connectivity index (χ4v) is 2.09. The number of urea groups is 1. The van der Waals surface area contributed by atoms with E-state index in [0.717, 1.165) is 19.3 Å². The van der Waals surface area contributed by atoms with Crippen molar-refractivity contribution in [3.8, 4) is 5.75 Å². The summed E-state index contributed by atoms with van der Waals surface area (Å²) in [5.41, 5.74) is 5.17. The van der Waals surface area contributed by atoms with Crippen LogP contribution in [0.3, 0.4) is 0 Å². The first kappa shape index (κ1) is 18.8. The van der Waals surface area contributed by atoms with Crippen molar-refractivity contribution in [1.29, 1.82) is 0 Å². The lowest BCUT2D eigenvalue weighted by Gasteiger charge is -2.15. The number of ether oxygens (including phenoxy) is 1. The van der Waals surface area contributed by atoms with Crippen LogP contribution in [0.15, 0.2) is 24.3 Å². The van der Waals surface area contributed by atoms with Crippen LogP contribution in [0.25, 0.3) is 0 Å². The largest absolute Gasteiger partial charge is 0.497 e. The summed E-state index contributed by atoms with van der Waals surface area (Å²) >= 11 is 0. The monoisotopic (exact) mass is 321 g/mol. The first-order valence-electron chi connectivity index (χ1n) is 7.93. The molecule has 1 atom stereocenters. The summed E-state index contributed by atoms with van der Waals surface area (Å²) in [4.78, 5) is 23.6. The van der Waals surface area contributed by atoms with Crippen LogP contribution in [-0.2, 0) is 0 Å². The molecule has 1 aromatic carbocycles. The zero-order chi connectivity index (χ0) is 17.2. The van der Waals surface area contributed by atoms with Gasteiger partial charge in [0.25, 0.3) is 5.91 Å². The molecule has 0 aromatic heterocycles. The lowest BCUT2D eigenvalue weighted by molar-refractivity contribution is 0.0935. The van der Waals surface area contributed by atoms with E-state index < -0.39 is 6.03 Å². The SMILES string of the molecule is COc1ccc(C(=O)NNC(=O)N[C@@H](C)CCCC(C)C)cc1. The van der Waals surface area contributed by atoms with Gasteiger partial charge in [0.1, 0.15) is 5.75 Å². The molecule has 0 saturated heterocycles. The van der Waals surface area contributed by atoms with E-state index in [4.69, 9.17) is 4.74 Å². The van der Waals surface area contributed by atoms with Crippen molar-refractivity contribution in [2.75, 3.05) is 7.11 Å². The number of nitrogens with one attached hydrogen (secondary N) is 3. The normalized spacial score (nSPS) is 11.7. The molecule has 6 nitrogen and oxygen atoms in total. The highest BCUT2D eigenvalue weighted by molar-refractivity contribution is 5.95. The molecule has 0 bridgehead atoms. The predicted molar refractivity (Wildman–Crippen MR) is 90.3 cm³/mol. The van der Waals surface area contributed by atoms with E-state index in [1.165, 1.54) is 0 Å². The molecular formula is C17H27N3O3. The van der Waals surface area contributed by atoms with Gasteiger partial charge in [-0.15, -0.1) is 0 Å². The maximum Gasteiger partial charge on any atom is 0.333 e. The number of hydrogen-bond acceptors (Lipinski definition) is 3. The van der Waals surface area contributed by atoms with E-state index >= 15 is 0 Å². The first-order chi connectivity index (χ1) is 10.9. The average molecular weight is 321 g/mol. The molecule has 0 unspecified atom stereocenters. The number of hydrazine groups is 1. The van der Waals surface area contributed by atoms with Gasteiger partial charge in [0, 0.05) is 11.6 Å². The Morgan fingerprint density at radius 3 is 2.26 bits per heavy atom. The van der Waals surface area contributed by atoms with Gasteiger partial charge in [-0.1, -0.05) is 26.7 Å². The molecular weight excluding hydrogens is 294 g/mol. The minimum Gasteiger partial charge on any atom is -0.497 e. The van der Waals surface area contributed by atoms with E-state index in [1.807, 2.05) is 6.92 Å². The van der Waals surface area contributed by atoms with Crippen molar-refractivity contribution >= 4 is 11.9 Å². The van der Waals surface area contributed by atoms with Crippen LogP contribution in [-0.4, -0.2) is 25.1 Å². The van der Waals surface area contributed by atoms with Crippen LogP contribution >= 0.6 is 0 Å². The van der Waals surface area contributed by atoms with Gasteiger partial charge in [-0.25, -0.2) is 10.2 Å². The van der Waals surface area contributed by atoms with Gasteiger partial charge in [-0.05, 0) is 43.5 Å². The molecule has 1 rings (SSSR count). The topological polar surface area (TPSA) is 79.5 Å². The Labute approximate surface area is 138 Å². The Morgan fingerprint density at radius 1 is 1.04 bits per heavy atom. The summed E-state index contributed by atoms with van der Waals surface area (Å²) in [6.45, 7) is 6.31. The number of amides is 3. The average Bonchev–Trinajstić information content (AvgIpc) is 2.52. The van der Waals surface area contributed by atoms with Gasteiger partial charge in [0.15, 0.2) is 0 Å². The second-order valence-electron chi connectivity index (χ2n) is 6.01. The summed E-state index contributed by atoms with van der Waals surface area (Å²) in [6.07, 6.45) is 3.12. The van der Waals surface area contributed by atoms with Crippen LogP contribution in [0.5, 0.6) is 5.75 Å². The zero-order valence-corrected chi connectivity index (χ0v) is 14.3. The van der Waals surface area contributed by atoms with E-state index in [9.17, 15) is 9.59 Å². The first-order valence-corrected chi connectivity index (χ1v) is 7.93. The van der Waals surface area contributed by atoms with Crippen molar-refractivity contribution in [3.63, 3.8) is 0 Å². The van der Waals surface area contributed by atoms with Crippen LogP contribution in [0, 0.1) is 5.92 Å². The molecule has 0 aliphatic carbocycles. The summed E-state index contributed by atoms with van der Waals surface area (Å²) in [5.74, 6) is 0.956. The number of methoxy groups -OCH3 is 1. The van der Waals surface area contributed by atoms with Gasteiger partial charge in [-0.2, -0.15) is 0 Å². The van der Waals surface area contributed by atoms with Gasteiger partial charge >= 0.3 is 6.03 Å². The van der Waals surface area contributed by atoms with E-state index in [2.05, 4.69) is 30.0 Å². The lowest BCUT2D eigenvalue weighted by atomic mass is 10.0. The van der Waals surface area contributed by atoms with Crippen LogP contribution < -0.4 is 20.9 Å². The number of rotatable bonds is 7. The fraction of sp³-hybridized carbons (Fsp3) is 0.529. The van der Waals surface area contributed by atoms with Crippen LogP contribution in [0.4, 0.5) is 4.79 Å². The number of hydrogen-bond donors (Lipinski definition) is 3. The predicted octanol–water partition coefficient (Wildman–Crippen LogP) is 2.85. The third kappa shape index (κ3) is 7.54. The van der Waals surface area contributed by atoms with E-state index in [0.29, 0.717) is 17.2 Å². The van der Waals surface area contributed by atoms with E-state index in [1.54, 1.807) is 31.4 Å². The molecule has 0 spiro atoms. The molecule has 6 heteroatoms. The van der Waals surface area contributed by atoms with E-state index in [-0.39, 0.29) is 11.9 Å². The molecule has 128 valence electrons.